The van der Waals surface area contributed by atoms with Crippen LogP contribution in [0.4, 0.5) is 24.7 Å². The first-order chi connectivity index (χ1) is 19.4. The Hall–Kier alpha value is -4.42. The molecule has 2 amide bonds. The number of nitrogens with zero attached hydrogens (tertiary/aromatic N) is 7. The van der Waals surface area contributed by atoms with Gasteiger partial charge in [0.05, 0.1) is 16.9 Å². The highest BCUT2D eigenvalue weighted by molar-refractivity contribution is 6.03. The lowest BCUT2D eigenvalue weighted by Crippen LogP contribution is -2.64. The van der Waals surface area contributed by atoms with Gasteiger partial charge in [0.15, 0.2) is 5.82 Å². The zero-order valence-electron chi connectivity index (χ0n) is 24.5. The number of hydrogen-bond acceptors (Lipinski definition) is 6. The Morgan fingerprint density at radius 1 is 1.16 bits per heavy atom. The summed E-state index contributed by atoms with van der Waals surface area (Å²) in [6, 6.07) is 8.85. The fraction of sp³-hybridized carbons (Fsp3) is 0.320. The van der Waals surface area contributed by atoms with Crippen LogP contribution in [0.2, 0.25) is 0 Å². The standard InChI is InChI=1S/C25H25F3N8O2/c1-15(37)34-10-9-33(23(38)24(34,2)3)17-6-4-5-16(11-17)20-12-18(21-22(29)30-14-32-36(20)21)19-7-8-31-35(19)13-25(26,27)28/h4-8,11-12,14H,9-10,13H2,1-3H3,(H2,29,30,32)/i9D2,10D2. The second-order valence-corrected chi connectivity index (χ2v) is 9.17. The van der Waals surface area contributed by atoms with Gasteiger partial charge in [-0.25, -0.2) is 9.50 Å². The number of anilines is 2. The number of fused-ring (bicyclic) bond motifs is 1. The fourth-order valence-corrected chi connectivity index (χ4v) is 4.44. The highest BCUT2D eigenvalue weighted by Crippen LogP contribution is 2.37. The fourth-order valence-electron chi connectivity index (χ4n) is 4.44. The Kier molecular flexibility index (Phi) is 4.80. The molecule has 10 nitrogen and oxygen atoms in total. The van der Waals surface area contributed by atoms with Crippen molar-refractivity contribution >= 4 is 28.8 Å². The van der Waals surface area contributed by atoms with Crippen LogP contribution in [-0.4, -0.2) is 65.8 Å². The minimum Gasteiger partial charge on any atom is -0.382 e. The summed E-state index contributed by atoms with van der Waals surface area (Å²) in [5.74, 6) is -1.70. The number of benzene rings is 1. The van der Waals surface area contributed by atoms with Crippen LogP contribution in [0.15, 0.2) is 48.9 Å². The molecule has 0 spiro atoms. The van der Waals surface area contributed by atoms with Gasteiger partial charge in [-0.2, -0.15) is 23.4 Å². The number of halogens is 3. The second kappa shape index (κ2) is 8.85. The van der Waals surface area contributed by atoms with Gasteiger partial charge in [0.2, 0.25) is 5.91 Å². The van der Waals surface area contributed by atoms with E-state index in [-0.39, 0.29) is 28.3 Å². The van der Waals surface area contributed by atoms with E-state index in [2.05, 4.69) is 15.2 Å². The normalized spacial score (nSPS) is 20.1. The topological polar surface area (TPSA) is 115 Å². The van der Waals surface area contributed by atoms with E-state index in [4.69, 9.17) is 11.2 Å². The minimum atomic E-state index is -4.55. The zero-order chi connectivity index (χ0) is 31.0. The average Bonchev–Trinajstić information content (AvgIpc) is 3.46. The third-order valence-electron chi connectivity index (χ3n) is 6.18. The lowest BCUT2D eigenvalue weighted by molar-refractivity contribution is -0.145. The average molecular weight is 531 g/mol. The highest BCUT2D eigenvalue weighted by atomic mass is 19.4. The summed E-state index contributed by atoms with van der Waals surface area (Å²) in [6.45, 7) is -3.55. The van der Waals surface area contributed by atoms with E-state index >= 15 is 0 Å². The molecular weight excluding hydrogens is 501 g/mol. The number of piperazine rings is 1. The molecule has 1 saturated heterocycles. The summed E-state index contributed by atoms with van der Waals surface area (Å²) in [4.78, 5) is 31.3. The van der Waals surface area contributed by atoms with Gasteiger partial charge in [0, 0.05) is 42.9 Å². The molecular formula is C25H25F3N8O2. The monoisotopic (exact) mass is 530 g/mol. The third kappa shape index (κ3) is 4.23. The Morgan fingerprint density at radius 2 is 1.92 bits per heavy atom. The largest absolute Gasteiger partial charge is 0.408 e. The molecule has 198 valence electrons. The quantitative estimate of drug-likeness (QED) is 0.433. The van der Waals surface area contributed by atoms with Crippen LogP contribution in [0.3, 0.4) is 0 Å². The molecule has 0 aliphatic carbocycles. The van der Waals surface area contributed by atoms with Crippen LogP contribution in [0.25, 0.3) is 28.0 Å². The van der Waals surface area contributed by atoms with Crippen molar-refractivity contribution in [2.45, 2.75) is 39.0 Å². The summed E-state index contributed by atoms with van der Waals surface area (Å²) in [6.07, 6.45) is -2.17. The number of carbonyl (C=O) groups is 2. The molecule has 13 heteroatoms. The molecule has 2 N–H and O–H groups in total. The molecule has 4 aromatic rings. The van der Waals surface area contributed by atoms with E-state index in [9.17, 15) is 22.8 Å². The number of nitrogens with two attached hydrogens (primary N) is 1. The van der Waals surface area contributed by atoms with Gasteiger partial charge >= 0.3 is 6.18 Å². The van der Waals surface area contributed by atoms with Crippen LogP contribution in [0.1, 0.15) is 26.3 Å². The van der Waals surface area contributed by atoms with E-state index in [1.165, 1.54) is 54.9 Å². The Balaban J connectivity index is 1.68. The van der Waals surface area contributed by atoms with Gasteiger partial charge in [-0.05, 0) is 38.1 Å². The molecule has 1 aromatic carbocycles. The summed E-state index contributed by atoms with van der Waals surface area (Å²) >= 11 is 0. The molecule has 1 fully saturated rings. The third-order valence-corrected chi connectivity index (χ3v) is 6.18. The highest BCUT2D eigenvalue weighted by Gasteiger charge is 2.43. The molecule has 0 unspecified atom stereocenters. The Morgan fingerprint density at radius 3 is 2.63 bits per heavy atom. The van der Waals surface area contributed by atoms with Gasteiger partial charge < -0.3 is 15.5 Å². The lowest BCUT2D eigenvalue weighted by atomic mass is 9.96. The van der Waals surface area contributed by atoms with Gasteiger partial charge in [-0.3, -0.25) is 14.3 Å². The Bertz CT molecular complexity index is 1730. The van der Waals surface area contributed by atoms with Crippen LogP contribution >= 0.6 is 0 Å². The molecule has 0 atom stereocenters. The van der Waals surface area contributed by atoms with E-state index in [1.54, 1.807) is 6.07 Å². The first-order valence-electron chi connectivity index (χ1n) is 13.4. The number of nitrogen functional groups attached to an aromatic ring is 1. The Labute approximate surface area is 221 Å². The van der Waals surface area contributed by atoms with E-state index in [0.29, 0.717) is 21.1 Å². The minimum absolute atomic E-state index is 0.0241. The maximum atomic E-state index is 13.7. The van der Waals surface area contributed by atoms with Gasteiger partial charge in [-0.15, -0.1) is 0 Å². The molecule has 5 rings (SSSR count). The van der Waals surface area contributed by atoms with Crippen molar-refractivity contribution in [1.29, 1.82) is 0 Å². The van der Waals surface area contributed by atoms with Crippen molar-refractivity contribution in [1.82, 2.24) is 29.3 Å². The molecule has 4 heterocycles. The number of aromatic nitrogens is 5. The van der Waals surface area contributed by atoms with Crippen LogP contribution < -0.4 is 10.6 Å². The summed E-state index contributed by atoms with van der Waals surface area (Å²) < 4.78 is 76.2. The first kappa shape index (κ1) is 20.6. The van der Waals surface area contributed by atoms with Crippen molar-refractivity contribution in [2.24, 2.45) is 0 Å². The molecule has 0 bridgehead atoms. The van der Waals surface area contributed by atoms with Gasteiger partial charge in [0.1, 0.15) is 23.9 Å². The first-order valence-corrected chi connectivity index (χ1v) is 11.4. The van der Waals surface area contributed by atoms with E-state index in [1.807, 2.05) is 0 Å². The smallest absolute Gasteiger partial charge is 0.382 e. The van der Waals surface area contributed by atoms with Crippen LogP contribution in [0.5, 0.6) is 0 Å². The van der Waals surface area contributed by atoms with E-state index in [0.717, 1.165) is 17.9 Å². The van der Waals surface area contributed by atoms with Crippen LogP contribution in [-0.2, 0) is 16.1 Å². The van der Waals surface area contributed by atoms with Crippen molar-refractivity contribution < 1.29 is 28.2 Å². The number of amides is 2. The van der Waals surface area contributed by atoms with Gasteiger partial charge in [0.25, 0.3) is 5.91 Å². The summed E-state index contributed by atoms with van der Waals surface area (Å²) in [7, 11) is 0. The maximum absolute atomic E-state index is 13.7. The zero-order valence-corrected chi connectivity index (χ0v) is 20.5. The molecule has 3 aromatic heterocycles. The SMILES string of the molecule is [2H]C1([2H])N(c2cccc(-c3cc(-c4ccnn4CC(F)(F)F)c4c(N)ncnn34)c2)C(=O)C(C)(C)N(C(C)=O)C1([2H])[2H]. The predicted molar refractivity (Wildman–Crippen MR) is 134 cm³/mol. The summed E-state index contributed by atoms with van der Waals surface area (Å²) in [5.41, 5.74) is 5.56. The van der Waals surface area contributed by atoms with Gasteiger partial charge in [-0.1, -0.05) is 12.1 Å². The number of hydrogen-bond donors (Lipinski definition) is 1. The van der Waals surface area contributed by atoms with Crippen molar-refractivity contribution in [3.8, 4) is 22.5 Å². The van der Waals surface area contributed by atoms with Crippen molar-refractivity contribution in [2.75, 3.05) is 23.6 Å². The molecule has 38 heavy (non-hydrogen) atoms. The van der Waals surface area contributed by atoms with Crippen molar-refractivity contribution in [3.63, 3.8) is 0 Å². The summed E-state index contributed by atoms with van der Waals surface area (Å²) in [5, 5.41) is 8.03. The molecule has 1 aliphatic heterocycles. The molecule has 0 saturated carbocycles. The second-order valence-electron chi connectivity index (χ2n) is 9.17. The number of alkyl halides is 3. The molecule has 1 aliphatic rings. The van der Waals surface area contributed by atoms with E-state index < -0.39 is 43.1 Å². The van der Waals surface area contributed by atoms with Crippen LogP contribution in [0, 0.1) is 0 Å². The molecule has 0 radical (unpaired) electrons. The number of carbonyl (C=O) groups excluding carboxylic acids is 2. The van der Waals surface area contributed by atoms with Crippen molar-refractivity contribution in [3.05, 3.63) is 48.9 Å². The maximum Gasteiger partial charge on any atom is 0.408 e. The predicted octanol–water partition coefficient (Wildman–Crippen LogP) is 3.38. The number of rotatable bonds is 4. The lowest BCUT2D eigenvalue weighted by Gasteiger charge is -2.45.